The number of nitrogens with zero attached hydrogens (tertiary/aromatic N) is 4. The van der Waals surface area contributed by atoms with E-state index in [1.807, 2.05) is 47.9 Å². The smallest absolute Gasteiger partial charge is 0.196 e. The lowest BCUT2D eigenvalue weighted by Gasteiger charge is -2.12. The van der Waals surface area contributed by atoms with Crippen LogP contribution in [0.1, 0.15) is 15.9 Å². The predicted octanol–water partition coefficient (Wildman–Crippen LogP) is 4.63. The Morgan fingerprint density at radius 2 is 1.72 bits per heavy atom. The summed E-state index contributed by atoms with van der Waals surface area (Å²) in [5, 5.41) is 9.41. The molecule has 2 aromatic carbocycles. The van der Waals surface area contributed by atoms with Gasteiger partial charge in [0.2, 0.25) is 0 Å². The van der Waals surface area contributed by atoms with E-state index in [2.05, 4.69) is 15.2 Å². The highest BCUT2D eigenvalue weighted by atomic mass is 32.2. The number of methoxy groups -OCH3 is 2. The number of Topliss-reactive ketones (excluding diaryl/α,β-unsaturated/α-hetero) is 1. The van der Waals surface area contributed by atoms with Gasteiger partial charge in [-0.1, -0.05) is 29.5 Å². The number of ether oxygens (including phenoxy) is 2. The highest BCUT2D eigenvalue weighted by molar-refractivity contribution is 7.99. The second-order valence-corrected chi connectivity index (χ2v) is 7.93. The maximum atomic E-state index is 13.0. The normalized spacial score (nSPS) is 10.7. The summed E-state index contributed by atoms with van der Waals surface area (Å²) in [6.07, 6.45) is 3.43. The van der Waals surface area contributed by atoms with E-state index in [0.717, 1.165) is 16.8 Å². The van der Waals surface area contributed by atoms with Crippen LogP contribution in [0.2, 0.25) is 0 Å². The lowest BCUT2D eigenvalue weighted by molar-refractivity contribution is 0.101. The Morgan fingerprint density at radius 1 is 0.969 bits per heavy atom. The molecule has 0 aliphatic carbocycles. The topological polar surface area (TPSA) is 79.1 Å². The van der Waals surface area contributed by atoms with Crippen LogP contribution in [0.5, 0.6) is 11.5 Å². The lowest BCUT2D eigenvalue weighted by Crippen LogP contribution is -2.07. The molecule has 4 aromatic rings. The largest absolute Gasteiger partial charge is 0.497 e. The van der Waals surface area contributed by atoms with Crippen molar-refractivity contribution in [3.05, 3.63) is 78.1 Å². The van der Waals surface area contributed by atoms with Crippen molar-refractivity contribution in [1.29, 1.82) is 0 Å². The molecule has 0 atom stereocenters. The quantitative estimate of drug-likeness (QED) is 0.288. The molecule has 0 unspecified atom stereocenters. The molecular weight excluding hydrogens is 424 g/mol. The van der Waals surface area contributed by atoms with E-state index in [0.29, 0.717) is 28.0 Å². The third-order valence-electron chi connectivity index (χ3n) is 4.90. The van der Waals surface area contributed by atoms with Crippen molar-refractivity contribution < 1.29 is 14.3 Å². The van der Waals surface area contributed by atoms with Crippen LogP contribution in [0.3, 0.4) is 0 Å². The molecule has 0 fully saturated rings. The first-order chi connectivity index (χ1) is 15.6. The highest BCUT2D eigenvalue weighted by Gasteiger charge is 2.19. The Kier molecular flexibility index (Phi) is 6.51. The summed E-state index contributed by atoms with van der Waals surface area (Å²) in [5.74, 6) is 1.87. The van der Waals surface area contributed by atoms with Crippen molar-refractivity contribution in [3.8, 4) is 28.6 Å². The first-order valence-electron chi connectivity index (χ1n) is 9.91. The number of aromatic nitrogens is 4. The Hall–Kier alpha value is -3.65. The van der Waals surface area contributed by atoms with Crippen molar-refractivity contribution in [2.45, 2.75) is 12.1 Å². The van der Waals surface area contributed by atoms with Gasteiger partial charge < -0.3 is 9.47 Å². The Morgan fingerprint density at radius 3 is 2.41 bits per heavy atom. The monoisotopic (exact) mass is 446 g/mol. The van der Waals surface area contributed by atoms with Crippen LogP contribution in [-0.4, -0.2) is 45.5 Å². The van der Waals surface area contributed by atoms with Gasteiger partial charge in [-0.05, 0) is 49.4 Å². The molecular formula is C24H22N4O3S. The molecule has 0 spiro atoms. The fourth-order valence-electron chi connectivity index (χ4n) is 3.22. The number of pyridine rings is 1. The van der Waals surface area contributed by atoms with Crippen molar-refractivity contribution in [3.63, 3.8) is 0 Å². The summed E-state index contributed by atoms with van der Waals surface area (Å²) >= 11 is 1.32. The number of carbonyl (C=O) groups excluding carboxylic acids is 1. The number of carbonyl (C=O) groups is 1. The summed E-state index contributed by atoms with van der Waals surface area (Å²) in [5.41, 5.74) is 3.43. The predicted molar refractivity (Wildman–Crippen MR) is 124 cm³/mol. The van der Waals surface area contributed by atoms with Gasteiger partial charge in [-0.2, -0.15) is 0 Å². The molecule has 7 nitrogen and oxygen atoms in total. The summed E-state index contributed by atoms with van der Waals surface area (Å²) < 4.78 is 12.6. The maximum absolute atomic E-state index is 13.0. The van der Waals surface area contributed by atoms with E-state index in [9.17, 15) is 4.79 Å². The van der Waals surface area contributed by atoms with E-state index in [1.165, 1.54) is 11.8 Å². The van der Waals surface area contributed by atoms with Gasteiger partial charge in [0.25, 0.3) is 0 Å². The van der Waals surface area contributed by atoms with Crippen LogP contribution < -0.4 is 9.47 Å². The second kappa shape index (κ2) is 9.65. The second-order valence-electron chi connectivity index (χ2n) is 6.99. The Balaban J connectivity index is 1.67. The molecule has 2 aromatic heterocycles. The molecule has 8 heteroatoms. The van der Waals surface area contributed by atoms with E-state index in [1.54, 1.807) is 44.8 Å². The molecule has 0 bridgehead atoms. The third-order valence-corrected chi connectivity index (χ3v) is 5.83. The third kappa shape index (κ3) is 4.50. The highest BCUT2D eigenvalue weighted by Crippen LogP contribution is 2.30. The molecule has 32 heavy (non-hydrogen) atoms. The van der Waals surface area contributed by atoms with Crippen LogP contribution in [0.25, 0.3) is 17.1 Å². The average Bonchev–Trinajstić information content (AvgIpc) is 3.27. The van der Waals surface area contributed by atoms with Crippen LogP contribution in [-0.2, 0) is 0 Å². The minimum absolute atomic E-state index is 0.0883. The molecule has 0 saturated carbocycles. The summed E-state index contributed by atoms with van der Waals surface area (Å²) in [6, 6.07) is 17.0. The molecule has 162 valence electrons. The molecule has 0 radical (unpaired) electrons. The van der Waals surface area contributed by atoms with E-state index in [4.69, 9.17) is 9.47 Å². The Labute approximate surface area is 190 Å². The molecule has 0 aliphatic rings. The summed E-state index contributed by atoms with van der Waals surface area (Å²) in [4.78, 5) is 17.1. The minimum Gasteiger partial charge on any atom is -0.497 e. The zero-order chi connectivity index (χ0) is 22.5. The zero-order valence-corrected chi connectivity index (χ0v) is 18.8. The number of thioether (sulfide) groups is 1. The first kappa shape index (κ1) is 21.6. The van der Waals surface area contributed by atoms with E-state index in [-0.39, 0.29) is 11.5 Å². The number of benzene rings is 2. The van der Waals surface area contributed by atoms with E-state index >= 15 is 0 Å². The minimum atomic E-state index is -0.0883. The molecule has 0 aliphatic heterocycles. The first-order valence-corrected chi connectivity index (χ1v) is 10.9. The summed E-state index contributed by atoms with van der Waals surface area (Å²) in [6.45, 7) is 2.04. The van der Waals surface area contributed by atoms with Gasteiger partial charge >= 0.3 is 0 Å². The number of aryl methyl sites for hydroxylation is 1. The number of rotatable bonds is 8. The van der Waals surface area contributed by atoms with Gasteiger partial charge in [0, 0.05) is 23.6 Å². The molecule has 0 amide bonds. The fourth-order valence-corrected chi connectivity index (χ4v) is 4.05. The van der Waals surface area contributed by atoms with Gasteiger partial charge in [0.1, 0.15) is 11.5 Å². The zero-order valence-electron chi connectivity index (χ0n) is 18.0. The van der Waals surface area contributed by atoms with Crippen LogP contribution in [0.15, 0.2) is 72.1 Å². The van der Waals surface area contributed by atoms with Crippen molar-refractivity contribution >= 4 is 17.5 Å². The van der Waals surface area contributed by atoms with Gasteiger partial charge in [0.05, 0.1) is 25.5 Å². The number of ketones is 1. The van der Waals surface area contributed by atoms with Gasteiger partial charge in [0.15, 0.2) is 16.8 Å². The molecule has 4 rings (SSSR count). The average molecular weight is 447 g/mol. The fraction of sp³-hybridized carbons (Fsp3) is 0.167. The maximum Gasteiger partial charge on any atom is 0.196 e. The van der Waals surface area contributed by atoms with Crippen LogP contribution in [0.4, 0.5) is 0 Å². The standard InChI is InChI=1S/C24H22N4O3S/c1-16-4-6-18(7-5-16)28-23(17-10-12-25-13-11-17)26-27-24(28)32-15-21(29)20-14-19(30-2)8-9-22(20)31-3/h4-14H,15H2,1-3H3. The van der Waals surface area contributed by atoms with Crippen molar-refractivity contribution in [2.24, 2.45) is 0 Å². The van der Waals surface area contributed by atoms with Crippen molar-refractivity contribution in [1.82, 2.24) is 19.7 Å². The van der Waals surface area contributed by atoms with Gasteiger partial charge in [-0.15, -0.1) is 10.2 Å². The van der Waals surface area contributed by atoms with Gasteiger partial charge in [-0.25, -0.2) is 0 Å². The summed E-state index contributed by atoms with van der Waals surface area (Å²) in [7, 11) is 3.11. The SMILES string of the molecule is COc1ccc(OC)c(C(=O)CSc2nnc(-c3ccncc3)n2-c2ccc(C)cc2)c1. The molecule has 0 N–H and O–H groups in total. The van der Waals surface area contributed by atoms with Crippen LogP contribution >= 0.6 is 11.8 Å². The Bertz CT molecular complexity index is 1220. The van der Waals surface area contributed by atoms with Crippen LogP contribution in [0, 0.1) is 6.92 Å². The van der Waals surface area contributed by atoms with Crippen molar-refractivity contribution in [2.75, 3.05) is 20.0 Å². The van der Waals surface area contributed by atoms with E-state index < -0.39 is 0 Å². The number of hydrogen-bond donors (Lipinski definition) is 0. The lowest BCUT2D eigenvalue weighted by atomic mass is 10.1. The molecule has 2 heterocycles. The van der Waals surface area contributed by atoms with Gasteiger partial charge in [-0.3, -0.25) is 14.3 Å². The molecule has 0 saturated heterocycles. The number of hydrogen-bond acceptors (Lipinski definition) is 7.